The first-order chi connectivity index (χ1) is 10.9. The molecule has 2 N–H and O–H groups in total. The number of rotatable bonds is 2. The number of aromatic nitrogens is 1. The molecular formula is C16H13NO5S. The van der Waals surface area contributed by atoms with Gasteiger partial charge in [0.1, 0.15) is 0 Å². The summed E-state index contributed by atoms with van der Waals surface area (Å²) >= 11 is 0. The number of aromatic carboxylic acids is 1. The van der Waals surface area contributed by atoms with Gasteiger partial charge >= 0.3 is 5.97 Å². The maximum absolute atomic E-state index is 10.8. The fraction of sp³-hybridized carbons (Fsp3) is 0. The van der Waals surface area contributed by atoms with Crippen LogP contribution in [0, 0.1) is 0 Å². The predicted molar refractivity (Wildman–Crippen MR) is 85.0 cm³/mol. The molecule has 3 rings (SSSR count). The van der Waals surface area contributed by atoms with Gasteiger partial charge in [0.15, 0.2) is 0 Å². The van der Waals surface area contributed by atoms with Crippen molar-refractivity contribution in [1.29, 1.82) is 0 Å². The van der Waals surface area contributed by atoms with Gasteiger partial charge in [0.25, 0.3) is 10.1 Å². The summed E-state index contributed by atoms with van der Waals surface area (Å²) in [7, 11) is -4.09. The van der Waals surface area contributed by atoms with E-state index >= 15 is 0 Å². The maximum atomic E-state index is 10.8. The number of benzene rings is 2. The first kappa shape index (κ1) is 16.6. The topological polar surface area (TPSA) is 105 Å². The van der Waals surface area contributed by atoms with E-state index in [-0.39, 0.29) is 10.5 Å². The molecule has 0 saturated carbocycles. The van der Waals surface area contributed by atoms with Gasteiger partial charge in [0, 0.05) is 12.4 Å². The van der Waals surface area contributed by atoms with Crippen molar-refractivity contribution in [3.05, 3.63) is 72.6 Å². The highest BCUT2D eigenvalue weighted by molar-refractivity contribution is 7.85. The van der Waals surface area contributed by atoms with Gasteiger partial charge in [-0.05, 0) is 35.0 Å². The number of carbonyl (C=O) groups is 1. The third-order valence-electron chi connectivity index (χ3n) is 2.93. The Morgan fingerprint density at radius 1 is 0.957 bits per heavy atom. The number of nitrogens with zero attached hydrogens (tertiary/aromatic N) is 1. The maximum Gasteiger partial charge on any atom is 0.337 e. The van der Waals surface area contributed by atoms with Crippen molar-refractivity contribution < 1.29 is 22.9 Å². The molecule has 0 fully saturated rings. The summed E-state index contributed by atoms with van der Waals surface area (Å²) in [6, 6.07) is 14.9. The highest BCUT2D eigenvalue weighted by Gasteiger charge is 2.08. The van der Waals surface area contributed by atoms with Crippen molar-refractivity contribution in [2.75, 3.05) is 0 Å². The standard InChI is InChI=1S/C10H8O3S.C6H5NO2/c11-14(12,13)10-6-5-8-3-1-2-4-9(8)7-10;8-6(9)5-2-1-3-7-4-5/h1-7H,(H,11,12,13);1-4H,(H,8,9). The Bertz CT molecular complexity index is 923. The molecule has 23 heavy (non-hydrogen) atoms. The largest absolute Gasteiger partial charge is 0.478 e. The van der Waals surface area contributed by atoms with E-state index in [0.717, 1.165) is 10.8 Å². The summed E-state index contributed by atoms with van der Waals surface area (Å²) in [5, 5.41) is 10.1. The highest BCUT2D eigenvalue weighted by atomic mass is 32.2. The lowest BCUT2D eigenvalue weighted by Crippen LogP contribution is -1.97. The molecule has 0 unspecified atom stereocenters. The minimum atomic E-state index is -4.09. The third kappa shape index (κ3) is 4.60. The summed E-state index contributed by atoms with van der Waals surface area (Å²) in [4.78, 5) is 13.7. The highest BCUT2D eigenvalue weighted by Crippen LogP contribution is 2.18. The molecule has 0 aliphatic heterocycles. The van der Waals surface area contributed by atoms with Gasteiger partial charge in [-0.25, -0.2) is 4.79 Å². The van der Waals surface area contributed by atoms with E-state index in [1.807, 2.05) is 18.2 Å². The summed E-state index contributed by atoms with van der Waals surface area (Å²) in [6.45, 7) is 0. The van der Waals surface area contributed by atoms with Crippen molar-refractivity contribution >= 4 is 26.9 Å². The molecule has 1 aromatic heterocycles. The molecule has 0 bridgehead atoms. The molecule has 0 radical (unpaired) electrons. The second kappa shape index (κ2) is 6.99. The summed E-state index contributed by atoms with van der Waals surface area (Å²) in [6.07, 6.45) is 2.84. The van der Waals surface area contributed by atoms with Crippen LogP contribution in [-0.2, 0) is 10.1 Å². The van der Waals surface area contributed by atoms with Crippen LogP contribution < -0.4 is 0 Å². The predicted octanol–water partition coefficient (Wildman–Crippen LogP) is 2.87. The van der Waals surface area contributed by atoms with Crippen LogP contribution in [0.4, 0.5) is 0 Å². The van der Waals surface area contributed by atoms with Gasteiger partial charge in [0.05, 0.1) is 10.5 Å². The molecule has 0 spiro atoms. The quantitative estimate of drug-likeness (QED) is 0.700. The number of pyridine rings is 1. The van der Waals surface area contributed by atoms with Crippen molar-refractivity contribution in [3.8, 4) is 0 Å². The van der Waals surface area contributed by atoms with E-state index in [2.05, 4.69) is 4.98 Å². The van der Waals surface area contributed by atoms with E-state index in [4.69, 9.17) is 9.66 Å². The lowest BCUT2D eigenvalue weighted by atomic mass is 10.1. The first-order valence-corrected chi connectivity index (χ1v) is 7.91. The SMILES string of the molecule is O=C(O)c1cccnc1.O=S(=O)(O)c1ccc2ccccc2c1. The van der Waals surface area contributed by atoms with Crippen molar-refractivity contribution in [2.45, 2.75) is 4.90 Å². The van der Waals surface area contributed by atoms with Crippen LogP contribution in [0.5, 0.6) is 0 Å². The molecule has 0 saturated heterocycles. The Morgan fingerprint density at radius 3 is 2.17 bits per heavy atom. The van der Waals surface area contributed by atoms with Crippen LogP contribution in [0.3, 0.4) is 0 Å². The molecule has 118 valence electrons. The zero-order chi connectivity index (χ0) is 16.9. The Kier molecular flexibility index (Phi) is 5.05. The van der Waals surface area contributed by atoms with Crippen LogP contribution in [0.1, 0.15) is 10.4 Å². The number of fused-ring (bicyclic) bond motifs is 1. The Hall–Kier alpha value is -2.77. The Labute approximate surface area is 132 Å². The van der Waals surface area contributed by atoms with Gasteiger partial charge in [-0.1, -0.05) is 30.3 Å². The van der Waals surface area contributed by atoms with Crippen LogP contribution in [0.25, 0.3) is 10.8 Å². The van der Waals surface area contributed by atoms with Gasteiger partial charge in [-0.15, -0.1) is 0 Å². The first-order valence-electron chi connectivity index (χ1n) is 6.47. The lowest BCUT2D eigenvalue weighted by molar-refractivity contribution is 0.0696. The molecule has 7 heteroatoms. The second-order valence-corrected chi connectivity index (χ2v) is 5.95. The van der Waals surface area contributed by atoms with E-state index in [1.54, 1.807) is 18.2 Å². The molecule has 1 heterocycles. The molecular weight excluding hydrogens is 318 g/mol. The van der Waals surface area contributed by atoms with Gasteiger partial charge in [-0.2, -0.15) is 8.42 Å². The zero-order valence-electron chi connectivity index (χ0n) is 11.8. The van der Waals surface area contributed by atoms with E-state index in [0.29, 0.717) is 0 Å². The molecule has 0 amide bonds. The molecule has 0 aliphatic rings. The normalized spacial score (nSPS) is 10.7. The number of hydrogen-bond acceptors (Lipinski definition) is 4. The van der Waals surface area contributed by atoms with Crippen molar-refractivity contribution in [1.82, 2.24) is 4.98 Å². The van der Waals surface area contributed by atoms with E-state index in [9.17, 15) is 13.2 Å². The van der Waals surface area contributed by atoms with E-state index < -0.39 is 16.1 Å². The van der Waals surface area contributed by atoms with Crippen LogP contribution in [-0.4, -0.2) is 29.0 Å². The fourth-order valence-electron chi connectivity index (χ4n) is 1.82. The minimum absolute atomic E-state index is 0.0730. The average molecular weight is 331 g/mol. The third-order valence-corrected chi connectivity index (χ3v) is 3.78. The lowest BCUT2D eigenvalue weighted by Gasteiger charge is -1.99. The Morgan fingerprint density at radius 2 is 1.65 bits per heavy atom. The zero-order valence-corrected chi connectivity index (χ0v) is 12.6. The van der Waals surface area contributed by atoms with Gasteiger partial charge in [0.2, 0.25) is 0 Å². The summed E-state index contributed by atoms with van der Waals surface area (Å²) in [5.41, 5.74) is 0.220. The smallest absolute Gasteiger partial charge is 0.337 e. The number of carboxylic acid groups (broad SMARTS) is 1. The average Bonchev–Trinajstić information content (AvgIpc) is 2.55. The molecule has 0 aliphatic carbocycles. The monoisotopic (exact) mass is 331 g/mol. The van der Waals surface area contributed by atoms with Crippen LogP contribution in [0.15, 0.2) is 71.9 Å². The van der Waals surface area contributed by atoms with Crippen LogP contribution >= 0.6 is 0 Å². The molecule has 3 aromatic rings. The summed E-state index contributed by atoms with van der Waals surface area (Å²) < 4.78 is 30.5. The van der Waals surface area contributed by atoms with Crippen molar-refractivity contribution in [2.24, 2.45) is 0 Å². The second-order valence-electron chi connectivity index (χ2n) is 4.53. The molecule has 2 aromatic carbocycles. The number of hydrogen-bond donors (Lipinski definition) is 2. The summed E-state index contributed by atoms with van der Waals surface area (Å²) in [5.74, 6) is -0.942. The van der Waals surface area contributed by atoms with Gasteiger partial charge < -0.3 is 5.11 Å². The molecule has 6 nitrogen and oxygen atoms in total. The van der Waals surface area contributed by atoms with Crippen LogP contribution in [0.2, 0.25) is 0 Å². The Balaban J connectivity index is 0.000000185. The fourth-order valence-corrected chi connectivity index (χ4v) is 2.33. The minimum Gasteiger partial charge on any atom is -0.478 e. The van der Waals surface area contributed by atoms with Gasteiger partial charge in [-0.3, -0.25) is 9.54 Å². The number of carboxylic acids is 1. The van der Waals surface area contributed by atoms with Crippen molar-refractivity contribution in [3.63, 3.8) is 0 Å². The molecule has 0 atom stereocenters. The van der Waals surface area contributed by atoms with E-state index in [1.165, 1.54) is 30.6 Å².